The first-order chi connectivity index (χ1) is 8.61. The molecule has 0 aliphatic rings. The number of anilines is 2. The average Bonchev–Trinajstić information content (AvgIpc) is 2.38. The molecule has 2 rings (SSSR count). The van der Waals surface area contributed by atoms with Crippen molar-refractivity contribution in [1.82, 2.24) is 4.98 Å². The molecule has 0 saturated heterocycles. The standard InChI is InChI=1S/C13H9F2N3/c1-18(11-4-2-3-9(5-11)7-16)13-12(15)6-10(14)8-17-13/h2-6,8H,1H3. The van der Waals surface area contributed by atoms with E-state index < -0.39 is 11.6 Å². The second kappa shape index (κ2) is 4.80. The summed E-state index contributed by atoms with van der Waals surface area (Å²) < 4.78 is 26.3. The zero-order chi connectivity index (χ0) is 13.1. The van der Waals surface area contributed by atoms with Gasteiger partial charge in [0.2, 0.25) is 0 Å². The Morgan fingerprint density at radius 1 is 1.28 bits per heavy atom. The van der Waals surface area contributed by atoms with E-state index in [2.05, 4.69) is 4.98 Å². The second-order valence-corrected chi connectivity index (χ2v) is 3.68. The predicted molar refractivity (Wildman–Crippen MR) is 63.4 cm³/mol. The highest BCUT2D eigenvalue weighted by Crippen LogP contribution is 2.24. The van der Waals surface area contributed by atoms with Crippen molar-refractivity contribution in [2.45, 2.75) is 0 Å². The summed E-state index contributed by atoms with van der Waals surface area (Å²) in [6.45, 7) is 0. The molecule has 2 aromatic rings. The van der Waals surface area contributed by atoms with Crippen molar-refractivity contribution in [2.24, 2.45) is 0 Å². The molecule has 0 amide bonds. The van der Waals surface area contributed by atoms with E-state index in [0.29, 0.717) is 11.3 Å². The molecule has 0 bridgehead atoms. The molecule has 1 aromatic carbocycles. The summed E-state index contributed by atoms with van der Waals surface area (Å²) in [5, 5.41) is 8.80. The summed E-state index contributed by atoms with van der Waals surface area (Å²) in [4.78, 5) is 5.16. The van der Waals surface area contributed by atoms with Crippen LogP contribution in [-0.4, -0.2) is 12.0 Å². The zero-order valence-electron chi connectivity index (χ0n) is 9.56. The van der Waals surface area contributed by atoms with Crippen molar-refractivity contribution in [3.63, 3.8) is 0 Å². The van der Waals surface area contributed by atoms with Gasteiger partial charge in [-0.2, -0.15) is 5.26 Å². The normalized spacial score (nSPS) is 9.89. The van der Waals surface area contributed by atoms with E-state index in [9.17, 15) is 8.78 Å². The first kappa shape index (κ1) is 12.0. The van der Waals surface area contributed by atoms with E-state index in [-0.39, 0.29) is 5.82 Å². The molecule has 5 heteroatoms. The number of hydrogen-bond donors (Lipinski definition) is 0. The van der Waals surface area contributed by atoms with Gasteiger partial charge in [0, 0.05) is 18.8 Å². The summed E-state index contributed by atoms with van der Waals surface area (Å²) in [6, 6.07) is 9.41. The summed E-state index contributed by atoms with van der Waals surface area (Å²) in [5.74, 6) is -1.47. The molecule has 0 aliphatic heterocycles. The summed E-state index contributed by atoms with van der Waals surface area (Å²) in [7, 11) is 1.60. The average molecular weight is 245 g/mol. The third-order valence-corrected chi connectivity index (χ3v) is 2.47. The fourth-order valence-electron chi connectivity index (χ4n) is 1.56. The number of benzene rings is 1. The highest BCUT2D eigenvalue weighted by atomic mass is 19.1. The smallest absolute Gasteiger partial charge is 0.169 e. The van der Waals surface area contributed by atoms with Crippen LogP contribution in [0.25, 0.3) is 0 Å². The van der Waals surface area contributed by atoms with Gasteiger partial charge < -0.3 is 4.90 Å². The van der Waals surface area contributed by atoms with Crippen LogP contribution in [0.15, 0.2) is 36.5 Å². The number of hydrogen-bond acceptors (Lipinski definition) is 3. The van der Waals surface area contributed by atoms with E-state index in [1.807, 2.05) is 6.07 Å². The Bertz CT molecular complexity index is 620. The van der Waals surface area contributed by atoms with Gasteiger partial charge in [-0.05, 0) is 18.2 Å². The minimum atomic E-state index is -0.750. The zero-order valence-corrected chi connectivity index (χ0v) is 9.56. The van der Waals surface area contributed by atoms with Crippen LogP contribution in [0.1, 0.15) is 5.56 Å². The minimum absolute atomic E-state index is 0.00601. The number of nitrogens with zero attached hydrogens (tertiary/aromatic N) is 3. The third-order valence-electron chi connectivity index (χ3n) is 2.47. The van der Waals surface area contributed by atoms with Crippen molar-refractivity contribution in [3.05, 3.63) is 53.7 Å². The molecular weight excluding hydrogens is 236 g/mol. The molecule has 3 nitrogen and oxygen atoms in total. The Hall–Kier alpha value is -2.48. The van der Waals surface area contributed by atoms with Crippen LogP contribution in [0.4, 0.5) is 20.3 Å². The molecule has 0 atom stereocenters. The SMILES string of the molecule is CN(c1cccc(C#N)c1)c1ncc(F)cc1F. The van der Waals surface area contributed by atoms with Crippen molar-refractivity contribution >= 4 is 11.5 Å². The molecule has 0 radical (unpaired) electrons. The van der Waals surface area contributed by atoms with Gasteiger partial charge in [-0.25, -0.2) is 13.8 Å². The van der Waals surface area contributed by atoms with Gasteiger partial charge in [-0.3, -0.25) is 0 Å². The molecule has 18 heavy (non-hydrogen) atoms. The third kappa shape index (κ3) is 2.28. The first-order valence-electron chi connectivity index (χ1n) is 5.17. The van der Waals surface area contributed by atoms with Crippen molar-refractivity contribution < 1.29 is 8.78 Å². The van der Waals surface area contributed by atoms with Crippen LogP contribution in [-0.2, 0) is 0 Å². The van der Waals surface area contributed by atoms with Gasteiger partial charge >= 0.3 is 0 Å². The van der Waals surface area contributed by atoms with Gasteiger partial charge in [0.25, 0.3) is 0 Å². The maximum Gasteiger partial charge on any atom is 0.169 e. The number of halogens is 2. The van der Waals surface area contributed by atoms with Gasteiger partial charge in [0.1, 0.15) is 5.82 Å². The summed E-state index contributed by atoms with van der Waals surface area (Å²) in [5.41, 5.74) is 1.06. The molecule has 0 aliphatic carbocycles. The molecule has 0 fully saturated rings. The fourth-order valence-corrected chi connectivity index (χ4v) is 1.56. The lowest BCUT2D eigenvalue weighted by atomic mass is 10.2. The van der Waals surface area contributed by atoms with Crippen molar-refractivity contribution in [3.8, 4) is 6.07 Å². The first-order valence-corrected chi connectivity index (χ1v) is 5.17. The Balaban J connectivity index is 2.41. The van der Waals surface area contributed by atoms with Crippen LogP contribution >= 0.6 is 0 Å². The Kier molecular flexibility index (Phi) is 3.20. The van der Waals surface area contributed by atoms with Gasteiger partial charge in [0.05, 0.1) is 17.8 Å². The maximum atomic E-state index is 13.6. The van der Waals surface area contributed by atoms with Crippen molar-refractivity contribution in [2.75, 3.05) is 11.9 Å². The van der Waals surface area contributed by atoms with Crippen LogP contribution in [0.5, 0.6) is 0 Å². The Morgan fingerprint density at radius 3 is 2.72 bits per heavy atom. The number of aromatic nitrogens is 1. The Morgan fingerprint density at radius 2 is 2.06 bits per heavy atom. The Labute approximate surface area is 103 Å². The molecule has 1 heterocycles. The fraction of sp³-hybridized carbons (Fsp3) is 0.0769. The molecule has 1 aromatic heterocycles. The summed E-state index contributed by atoms with van der Waals surface area (Å²) >= 11 is 0. The second-order valence-electron chi connectivity index (χ2n) is 3.68. The summed E-state index contributed by atoms with van der Waals surface area (Å²) in [6.07, 6.45) is 0.947. The molecule has 0 saturated carbocycles. The van der Waals surface area contributed by atoms with Crippen LogP contribution in [0.2, 0.25) is 0 Å². The number of nitriles is 1. The van der Waals surface area contributed by atoms with E-state index in [0.717, 1.165) is 12.3 Å². The predicted octanol–water partition coefficient (Wildman–Crippen LogP) is 3.00. The molecule has 0 spiro atoms. The van der Waals surface area contributed by atoms with Crippen LogP contribution in [0.3, 0.4) is 0 Å². The lowest BCUT2D eigenvalue weighted by Gasteiger charge is -2.18. The highest BCUT2D eigenvalue weighted by Gasteiger charge is 2.12. The lowest BCUT2D eigenvalue weighted by molar-refractivity contribution is 0.573. The number of rotatable bonds is 2. The monoisotopic (exact) mass is 245 g/mol. The maximum absolute atomic E-state index is 13.6. The van der Waals surface area contributed by atoms with E-state index in [1.165, 1.54) is 4.90 Å². The molecule has 0 N–H and O–H groups in total. The van der Waals surface area contributed by atoms with Crippen LogP contribution in [0, 0.1) is 23.0 Å². The van der Waals surface area contributed by atoms with Gasteiger partial charge in [-0.1, -0.05) is 6.07 Å². The quantitative estimate of drug-likeness (QED) is 0.816. The topological polar surface area (TPSA) is 39.9 Å². The molecular formula is C13H9F2N3. The molecule has 90 valence electrons. The molecule has 0 unspecified atom stereocenters. The lowest BCUT2D eigenvalue weighted by Crippen LogP contribution is -2.13. The van der Waals surface area contributed by atoms with E-state index >= 15 is 0 Å². The van der Waals surface area contributed by atoms with E-state index in [1.54, 1.807) is 31.3 Å². The highest BCUT2D eigenvalue weighted by molar-refractivity contribution is 5.61. The van der Waals surface area contributed by atoms with Gasteiger partial charge in [0.15, 0.2) is 11.6 Å². The van der Waals surface area contributed by atoms with Gasteiger partial charge in [-0.15, -0.1) is 0 Å². The largest absolute Gasteiger partial charge is 0.327 e. The van der Waals surface area contributed by atoms with Crippen molar-refractivity contribution in [1.29, 1.82) is 5.26 Å². The van der Waals surface area contributed by atoms with E-state index in [4.69, 9.17) is 5.26 Å². The minimum Gasteiger partial charge on any atom is -0.327 e. The number of pyridine rings is 1. The van der Waals surface area contributed by atoms with Crippen LogP contribution < -0.4 is 4.90 Å².